The molecule has 0 bridgehead atoms. The molecule has 0 heterocycles. The number of unbranched alkanes of at least 4 members (excludes halogenated alkanes) is 1. The van der Waals surface area contributed by atoms with Gasteiger partial charge >= 0.3 is 0 Å². The number of Topliss-reactive ketones (excluding diaryl/α,β-unsaturated/α-hetero) is 1. The Morgan fingerprint density at radius 2 is 2.08 bits per heavy atom. The first-order chi connectivity index (χ1) is 6.26. The van der Waals surface area contributed by atoms with E-state index in [0.717, 1.165) is 25.8 Å². The summed E-state index contributed by atoms with van der Waals surface area (Å²) in [5.41, 5.74) is 0. The third kappa shape index (κ3) is 5.83. The monoisotopic (exact) mass is 182 g/mol. The van der Waals surface area contributed by atoms with Crippen molar-refractivity contribution in [1.82, 2.24) is 10.6 Å². The fourth-order valence-corrected chi connectivity index (χ4v) is 1.26. The van der Waals surface area contributed by atoms with Crippen LogP contribution in [0.5, 0.6) is 0 Å². The molecule has 2 radical (unpaired) electrons. The highest BCUT2D eigenvalue weighted by atomic mass is 16.1. The van der Waals surface area contributed by atoms with Crippen LogP contribution < -0.4 is 10.6 Å². The molecule has 0 spiro atoms. The molecule has 2 N–H and O–H groups in total. The summed E-state index contributed by atoms with van der Waals surface area (Å²) in [5, 5.41) is 6.05. The maximum Gasteiger partial charge on any atom is 0.141 e. The molecule has 3 nitrogen and oxygen atoms in total. The molecule has 1 unspecified atom stereocenters. The lowest BCUT2D eigenvalue weighted by atomic mass is 9.93. The molecule has 4 heteroatoms. The minimum Gasteiger partial charge on any atom is -0.320 e. The van der Waals surface area contributed by atoms with Gasteiger partial charge in [-0.05, 0) is 39.8 Å². The highest BCUT2D eigenvalue weighted by Crippen LogP contribution is 2.02. The zero-order chi connectivity index (χ0) is 10.1. The van der Waals surface area contributed by atoms with Gasteiger partial charge in [0.15, 0.2) is 0 Å². The summed E-state index contributed by atoms with van der Waals surface area (Å²) in [5.74, 6) is 0.104. The predicted octanol–water partition coefficient (Wildman–Crippen LogP) is 0.120. The molecular formula is C9H19BN2O. The number of likely N-dealkylation sites (N-methyl/N-ethyl adjacent to an activating group) is 1. The first-order valence-corrected chi connectivity index (χ1v) is 4.81. The van der Waals surface area contributed by atoms with Crippen LogP contribution in [-0.4, -0.2) is 40.3 Å². The molecular weight excluding hydrogens is 163 g/mol. The zero-order valence-electron chi connectivity index (χ0n) is 8.60. The fraction of sp³-hybridized carbons (Fsp3) is 0.889. The normalized spacial score (nSPS) is 12.8. The number of nitrogens with one attached hydrogen (secondary N) is 2. The van der Waals surface area contributed by atoms with Crippen molar-refractivity contribution in [1.29, 1.82) is 0 Å². The Bertz CT molecular complexity index is 142. The van der Waals surface area contributed by atoms with E-state index < -0.39 is 0 Å². The van der Waals surface area contributed by atoms with Crippen molar-refractivity contribution in [2.45, 2.75) is 31.6 Å². The molecule has 0 aromatic rings. The molecule has 0 aromatic carbocycles. The number of rotatable bonds is 8. The average molecular weight is 182 g/mol. The van der Waals surface area contributed by atoms with Gasteiger partial charge in [0, 0.05) is 0 Å². The molecule has 0 fully saturated rings. The van der Waals surface area contributed by atoms with Crippen LogP contribution in [-0.2, 0) is 4.79 Å². The van der Waals surface area contributed by atoms with E-state index >= 15 is 0 Å². The van der Waals surface area contributed by atoms with Crippen molar-refractivity contribution < 1.29 is 4.79 Å². The molecule has 0 aliphatic carbocycles. The highest BCUT2D eigenvalue weighted by molar-refractivity contribution is 6.21. The molecule has 0 rings (SSSR count). The standard InChI is InChI=1S/C9H19BN2O/c1-11-6-4-3-5-8(12-2)9(13)7-10/h8,11-12H,3-7H2,1-2H3. The minimum atomic E-state index is -0.0538. The van der Waals surface area contributed by atoms with Gasteiger partial charge in [0.1, 0.15) is 5.78 Å². The summed E-state index contributed by atoms with van der Waals surface area (Å²) in [6.45, 7) is 1.01. The molecule has 0 aliphatic heterocycles. The quantitative estimate of drug-likeness (QED) is 0.413. The molecule has 0 aliphatic rings. The van der Waals surface area contributed by atoms with Crippen molar-refractivity contribution in [3.63, 3.8) is 0 Å². The summed E-state index contributed by atoms with van der Waals surface area (Å²) < 4.78 is 0. The van der Waals surface area contributed by atoms with E-state index in [1.807, 2.05) is 7.05 Å². The van der Waals surface area contributed by atoms with Crippen LogP contribution in [0.2, 0.25) is 6.32 Å². The van der Waals surface area contributed by atoms with Crippen LogP contribution in [0.25, 0.3) is 0 Å². The maximum atomic E-state index is 11.2. The van der Waals surface area contributed by atoms with Gasteiger partial charge in [-0.1, -0.05) is 6.42 Å². The maximum absolute atomic E-state index is 11.2. The van der Waals surface area contributed by atoms with E-state index in [-0.39, 0.29) is 18.1 Å². The molecule has 74 valence electrons. The van der Waals surface area contributed by atoms with E-state index in [2.05, 4.69) is 10.6 Å². The summed E-state index contributed by atoms with van der Waals surface area (Å²) in [6, 6.07) is -0.0538. The van der Waals surface area contributed by atoms with E-state index in [4.69, 9.17) is 7.85 Å². The van der Waals surface area contributed by atoms with Gasteiger partial charge in [-0.2, -0.15) is 0 Å². The summed E-state index contributed by atoms with van der Waals surface area (Å²) in [7, 11) is 9.01. The van der Waals surface area contributed by atoms with Crippen molar-refractivity contribution in [3.05, 3.63) is 0 Å². The highest BCUT2D eigenvalue weighted by Gasteiger charge is 2.12. The van der Waals surface area contributed by atoms with E-state index in [1.54, 1.807) is 7.05 Å². The van der Waals surface area contributed by atoms with Crippen LogP contribution in [0.1, 0.15) is 19.3 Å². The zero-order valence-corrected chi connectivity index (χ0v) is 8.60. The molecule has 13 heavy (non-hydrogen) atoms. The Kier molecular flexibility index (Phi) is 8.04. The molecule has 0 saturated carbocycles. The van der Waals surface area contributed by atoms with Gasteiger partial charge in [0.2, 0.25) is 0 Å². The Morgan fingerprint density at radius 3 is 2.54 bits per heavy atom. The lowest BCUT2D eigenvalue weighted by Crippen LogP contribution is -2.33. The first kappa shape index (κ1) is 12.7. The third-order valence-electron chi connectivity index (χ3n) is 2.11. The second kappa shape index (κ2) is 8.26. The van der Waals surface area contributed by atoms with Gasteiger partial charge in [-0.25, -0.2) is 0 Å². The van der Waals surface area contributed by atoms with Crippen molar-refractivity contribution in [3.8, 4) is 0 Å². The Balaban J connectivity index is 3.53. The Hall–Kier alpha value is -0.345. The summed E-state index contributed by atoms with van der Waals surface area (Å²) in [4.78, 5) is 11.2. The average Bonchev–Trinajstić information content (AvgIpc) is 2.17. The van der Waals surface area contributed by atoms with Gasteiger partial charge in [0.05, 0.1) is 13.9 Å². The largest absolute Gasteiger partial charge is 0.320 e. The molecule has 0 aromatic heterocycles. The topological polar surface area (TPSA) is 41.1 Å². The number of carbonyl (C=O) groups excluding carboxylic acids is 1. The number of carbonyl (C=O) groups is 1. The van der Waals surface area contributed by atoms with Crippen LogP contribution >= 0.6 is 0 Å². The van der Waals surface area contributed by atoms with Crippen molar-refractivity contribution in [2.24, 2.45) is 0 Å². The second-order valence-corrected chi connectivity index (χ2v) is 3.11. The van der Waals surface area contributed by atoms with Gasteiger partial charge < -0.3 is 10.6 Å². The Labute approximate surface area is 82.1 Å². The molecule has 0 amide bonds. The van der Waals surface area contributed by atoms with Crippen LogP contribution in [0.3, 0.4) is 0 Å². The number of hydrogen-bond acceptors (Lipinski definition) is 3. The van der Waals surface area contributed by atoms with E-state index in [0.29, 0.717) is 0 Å². The fourth-order valence-electron chi connectivity index (χ4n) is 1.26. The lowest BCUT2D eigenvalue weighted by Gasteiger charge is -2.13. The van der Waals surface area contributed by atoms with Gasteiger partial charge in [0.25, 0.3) is 0 Å². The Morgan fingerprint density at radius 1 is 1.38 bits per heavy atom. The SMILES string of the molecule is [B]CC(=O)C(CCCCNC)NC. The van der Waals surface area contributed by atoms with Gasteiger partial charge in [-0.15, -0.1) is 0 Å². The van der Waals surface area contributed by atoms with Crippen molar-refractivity contribution in [2.75, 3.05) is 20.6 Å². The predicted molar refractivity (Wildman–Crippen MR) is 56.2 cm³/mol. The van der Waals surface area contributed by atoms with Crippen molar-refractivity contribution >= 4 is 13.6 Å². The van der Waals surface area contributed by atoms with E-state index in [1.165, 1.54) is 0 Å². The molecule has 0 saturated heterocycles. The van der Waals surface area contributed by atoms with Crippen LogP contribution in [0.4, 0.5) is 0 Å². The summed E-state index contributed by atoms with van der Waals surface area (Å²) in [6.07, 6.45) is 3.18. The van der Waals surface area contributed by atoms with Crippen LogP contribution in [0, 0.1) is 0 Å². The second-order valence-electron chi connectivity index (χ2n) is 3.11. The van der Waals surface area contributed by atoms with Crippen LogP contribution in [0.15, 0.2) is 0 Å². The summed E-state index contributed by atoms with van der Waals surface area (Å²) >= 11 is 0. The lowest BCUT2D eigenvalue weighted by molar-refractivity contribution is -0.118. The minimum absolute atomic E-state index is 0.0538. The van der Waals surface area contributed by atoms with E-state index in [9.17, 15) is 4.79 Å². The third-order valence-corrected chi connectivity index (χ3v) is 2.11. The smallest absolute Gasteiger partial charge is 0.141 e. The number of hydrogen-bond donors (Lipinski definition) is 2. The number of ketones is 1. The molecule has 1 atom stereocenters. The first-order valence-electron chi connectivity index (χ1n) is 4.81. The van der Waals surface area contributed by atoms with Gasteiger partial charge in [-0.3, -0.25) is 4.79 Å².